The van der Waals surface area contributed by atoms with E-state index in [1.165, 1.54) is 4.88 Å². The number of ether oxygens (including phenoxy) is 1. The van der Waals surface area contributed by atoms with E-state index < -0.39 is 0 Å². The molecule has 1 aromatic carbocycles. The van der Waals surface area contributed by atoms with Crippen molar-refractivity contribution in [3.8, 4) is 5.75 Å². The molecule has 0 saturated carbocycles. The first-order valence-corrected chi connectivity index (χ1v) is 6.67. The second-order valence-corrected chi connectivity index (χ2v) is 5.19. The molecule has 0 bridgehead atoms. The zero-order chi connectivity index (χ0) is 12.5. The summed E-state index contributed by atoms with van der Waals surface area (Å²) in [6.45, 7) is 0. The van der Waals surface area contributed by atoms with Crippen LogP contribution in [0.2, 0.25) is 0 Å². The van der Waals surface area contributed by atoms with Crippen molar-refractivity contribution >= 4 is 22.9 Å². The molecule has 3 nitrogen and oxygen atoms in total. The Kier molecular flexibility index (Phi) is 2.80. The Morgan fingerprint density at radius 2 is 2.17 bits per heavy atom. The number of methoxy groups -OCH3 is 1. The van der Waals surface area contributed by atoms with Gasteiger partial charge in [-0.05, 0) is 17.5 Å². The first kappa shape index (κ1) is 11.3. The molecule has 2 aromatic rings. The van der Waals surface area contributed by atoms with Crippen LogP contribution in [0.3, 0.4) is 0 Å². The van der Waals surface area contributed by atoms with Gasteiger partial charge in [0.25, 0.3) is 0 Å². The number of para-hydroxylation sites is 1. The van der Waals surface area contributed by atoms with Gasteiger partial charge in [0, 0.05) is 22.8 Å². The first-order valence-electron chi connectivity index (χ1n) is 5.79. The molecule has 18 heavy (non-hydrogen) atoms. The molecule has 0 unspecified atom stereocenters. The highest BCUT2D eigenvalue weighted by molar-refractivity contribution is 7.10. The lowest BCUT2D eigenvalue weighted by Gasteiger charge is -2.24. The van der Waals surface area contributed by atoms with E-state index in [2.05, 4.69) is 5.32 Å². The number of nitrogens with one attached hydrogen (secondary N) is 1. The number of benzene rings is 1. The average molecular weight is 259 g/mol. The fraction of sp³-hybridized carbons (Fsp3) is 0.214. The van der Waals surface area contributed by atoms with E-state index >= 15 is 0 Å². The van der Waals surface area contributed by atoms with E-state index in [9.17, 15) is 4.79 Å². The minimum atomic E-state index is 0.0665. The van der Waals surface area contributed by atoms with Gasteiger partial charge in [-0.1, -0.05) is 18.2 Å². The molecule has 0 saturated heterocycles. The van der Waals surface area contributed by atoms with Crippen molar-refractivity contribution in [1.29, 1.82) is 0 Å². The zero-order valence-electron chi connectivity index (χ0n) is 9.97. The molecule has 0 spiro atoms. The van der Waals surface area contributed by atoms with Gasteiger partial charge in [-0.15, -0.1) is 11.3 Å². The van der Waals surface area contributed by atoms with Crippen LogP contribution in [0.15, 0.2) is 35.7 Å². The molecule has 0 radical (unpaired) electrons. The summed E-state index contributed by atoms with van der Waals surface area (Å²) in [5.74, 6) is 1.01. The third-order valence-corrected chi connectivity index (χ3v) is 4.22. The SMILES string of the molecule is COc1ccccc1[C@@H]1CC(=O)Nc2ccsc21. The summed E-state index contributed by atoms with van der Waals surface area (Å²) in [5.41, 5.74) is 2.02. The van der Waals surface area contributed by atoms with Crippen molar-refractivity contribution in [2.75, 3.05) is 12.4 Å². The summed E-state index contributed by atoms with van der Waals surface area (Å²) in [6, 6.07) is 9.86. The summed E-state index contributed by atoms with van der Waals surface area (Å²) in [4.78, 5) is 13.0. The standard InChI is InChI=1S/C14H13NO2S/c1-17-12-5-3-2-4-9(12)10-8-13(16)15-11-6-7-18-14(10)11/h2-7,10H,8H2,1H3,(H,15,16)/t10-/m0/s1. The zero-order valence-corrected chi connectivity index (χ0v) is 10.8. The van der Waals surface area contributed by atoms with Crippen LogP contribution in [0.4, 0.5) is 5.69 Å². The second kappa shape index (κ2) is 4.46. The summed E-state index contributed by atoms with van der Waals surface area (Å²) < 4.78 is 5.40. The van der Waals surface area contributed by atoms with Gasteiger partial charge in [0.05, 0.1) is 12.8 Å². The Balaban J connectivity index is 2.10. The highest BCUT2D eigenvalue weighted by Crippen LogP contribution is 2.43. The van der Waals surface area contributed by atoms with Gasteiger partial charge < -0.3 is 10.1 Å². The Hall–Kier alpha value is -1.81. The Morgan fingerprint density at radius 3 is 3.00 bits per heavy atom. The van der Waals surface area contributed by atoms with E-state index in [-0.39, 0.29) is 11.8 Å². The van der Waals surface area contributed by atoms with Gasteiger partial charge in [0.2, 0.25) is 5.91 Å². The van der Waals surface area contributed by atoms with Crippen LogP contribution in [-0.4, -0.2) is 13.0 Å². The minimum Gasteiger partial charge on any atom is -0.496 e. The molecule has 1 aromatic heterocycles. The smallest absolute Gasteiger partial charge is 0.225 e. The molecular formula is C14H13NO2S. The third kappa shape index (κ3) is 1.78. The number of hydrogen-bond donors (Lipinski definition) is 1. The van der Waals surface area contributed by atoms with Crippen molar-refractivity contribution in [2.45, 2.75) is 12.3 Å². The molecule has 0 fully saturated rings. The van der Waals surface area contributed by atoms with Crippen LogP contribution in [0.1, 0.15) is 22.8 Å². The lowest BCUT2D eigenvalue weighted by molar-refractivity contribution is -0.116. The van der Waals surface area contributed by atoms with E-state index in [4.69, 9.17) is 4.74 Å². The number of amides is 1. The molecular weight excluding hydrogens is 246 g/mol. The molecule has 92 valence electrons. The van der Waals surface area contributed by atoms with E-state index in [0.29, 0.717) is 6.42 Å². The summed E-state index contributed by atoms with van der Waals surface area (Å²) in [7, 11) is 1.66. The van der Waals surface area contributed by atoms with Crippen LogP contribution in [0, 0.1) is 0 Å². The molecule has 1 aliphatic rings. The molecule has 0 aliphatic carbocycles. The first-order chi connectivity index (χ1) is 8.79. The topological polar surface area (TPSA) is 38.3 Å². The van der Waals surface area contributed by atoms with Crippen LogP contribution < -0.4 is 10.1 Å². The van der Waals surface area contributed by atoms with Crippen molar-refractivity contribution in [1.82, 2.24) is 0 Å². The maximum Gasteiger partial charge on any atom is 0.225 e. The summed E-state index contributed by atoms with van der Waals surface area (Å²) in [5, 5.41) is 4.92. The van der Waals surface area contributed by atoms with Crippen LogP contribution in [0.25, 0.3) is 0 Å². The van der Waals surface area contributed by atoms with E-state index in [1.54, 1.807) is 18.4 Å². The van der Waals surface area contributed by atoms with Crippen LogP contribution in [0.5, 0.6) is 5.75 Å². The highest BCUT2D eigenvalue weighted by Gasteiger charge is 2.29. The predicted octanol–water partition coefficient (Wildman–Crippen LogP) is 3.23. The van der Waals surface area contributed by atoms with Gasteiger partial charge in [0.1, 0.15) is 5.75 Å². The highest BCUT2D eigenvalue weighted by atomic mass is 32.1. The molecule has 1 N–H and O–H groups in total. The molecule has 1 aliphatic heterocycles. The van der Waals surface area contributed by atoms with Crippen molar-refractivity contribution < 1.29 is 9.53 Å². The average Bonchev–Trinajstić information content (AvgIpc) is 2.85. The largest absolute Gasteiger partial charge is 0.496 e. The Bertz CT molecular complexity index is 591. The van der Waals surface area contributed by atoms with Crippen molar-refractivity contribution in [3.63, 3.8) is 0 Å². The summed E-state index contributed by atoms with van der Waals surface area (Å²) >= 11 is 1.68. The molecule has 2 heterocycles. The second-order valence-electron chi connectivity index (χ2n) is 4.25. The number of carbonyl (C=O) groups excluding carboxylic acids is 1. The normalized spacial score (nSPS) is 18.1. The number of rotatable bonds is 2. The van der Waals surface area contributed by atoms with E-state index in [1.807, 2.05) is 35.7 Å². The van der Waals surface area contributed by atoms with Gasteiger partial charge in [-0.25, -0.2) is 0 Å². The van der Waals surface area contributed by atoms with Gasteiger partial charge in [-0.2, -0.15) is 0 Å². The molecule has 3 rings (SSSR count). The Labute approximate surface area is 109 Å². The number of hydrogen-bond acceptors (Lipinski definition) is 3. The Morgan fingerprint density at radius 1 is 1.33 bits per heavy atom. The molecule has 4 heteroatoms. The maximum atomic E-state index is 11.8. The van der Waals surface area contributed by atoms with Crippen molar-refractivity contribution in [2.24, 2.45) is 0 Å². The van der Waals surface area contributed by atoms with E-state index in [0.717, 1.165) is 17.0 Å². The number of carbonyl (C=O) groups is 1. The minimum absolute atomic E-state index is 0.0665. The monoisotopic (exact) mass is 259 g/mol. The quantitative estimate of drug-likeness (QED) is 0.899. The lowest BCUT2D eigenvalue weighted by Crippen LogP contribution is -2.22. The van der Waals surface area contributed by atoms with Gasteiger partial charge >= 0.3 is 0 Å². The lowest BCUT2D eigenvalue weighted by atomic mass is 9.90. The number of thiophene rings is 1. The molecule has 1 atom stereocenters. The number of fused-ring (bicyclic) bond motifs is 1. The molecule has 1 amide bonds. The van der Waals surface area contributed by atoms with Gasteiger partial charge in [-0.3, -0.25) is 4.79 Å². The third-order valence-electron chi connectivity index (χ3n) is 3.19. The van der Waals surface area contributed by atoms with Crippen LogP contribution >= 0.6 is 11.3 Å². The van der Waals surface area contributed by atoms with Gasteiger partial charge in [0.15, 0.2) is 0 Å². The number of anilines is 1. The fourth-order valence-electron chi connectivity index (χ4n) is 2.38. The summed E-state index contributed by atoms with van der Waals surface area (Å²) in [6.07, 6.45) is 0.480. The maximum absolute atomic E-state index is 11.8. The predicted molar refractivity (Wildman–Crippen MR) is 72.4 cm³/mol. The fourth-order valence-corrected chi connectivity index (χ4v) is 3.35. The van der Waals surface area contributed by atoms with Crippen molar-refractivity contribution in [3.05, 3.63) is 46.2 Å². The van der Waals surface area contributed by atoms with Crippen LogP contribution in [-0.2, 0) is 4.79 Å².